The lowest BCUT2D eigenvalue weighted by molar-refractivity contribution is -0.123. The Morgan fingerprint density at radius 1 is 0.739 bits per heavy atom. The molecule has 0 spiro atoms. The first-order valence-corrected chi connectivity index (χ1v) is 15.9. The van der Waals surface area contributed by atoms with Gasteiger partial charge in [0.15, 0.2) is 0 Å². The maximum absolute atomic E-state index is 13.5. The molecule has 0 unspecified atom stereocenters. The summed E-state index contributed by atoms with van der Waals surface area (Å²) >= 11 is 0. The normalized spacial score (nSPS) is 12.4. The van der Waals surface area contributed by atoms with Crippen LogP contribution in [0, 0.1) is 5.82 Å². The minimum Gasteiger partial charge on any atom is -0.444 e. The minimum atomic E-state index is -0.572. The second kappa shape index (κ2) is 19.2. The van der Waals surface area contributed by atoms with Crippen LogP contribution >= 0.6 is 0 Å². The smallest absolute Gasteiger partial charge is 0.407 e. The van der Waals surface area contributed by atoms with Gasteiger partial charge in [0.25, 0.3) is 0 Å². The summed E-state index contributed by atoms with van der Waals surface area (Å²) in [5.74, 6) is -0.429. The van der Waals surface area contributed by atoms with Gasteiger partial charge >= 0.3 is 12.1 Å². The van der Waals surface area contributed by atoms with E-state index in [1.807, 2.05) is 81.4 Å². The Hall–Kier alpha value is -4.44. The highest BCUT2D eigenvalue weighted by Gasteiger charge is 2.23. The van der Waals surface area contributed by atoms with E-state index in [0.717, 1.165) is 16.7 Å². The molecule has 0 fully saturated rings. The molecule has 0 aliphatic carbocycles. The van der Waals surface area contributed by atoms with Gasteiger partial charge in [-0.15, -0.1) is 0 Å². The van der Waals surface area contributed by atoms with Gasteiger partial charge in [0.1, 0.15) is 11.4 Å². The molecule has 0 aliphatic rings. The fourth-order valence-electron chi connectivity index (χ4n) is 4.80. The van der Waals surface area contributed by atoms with E-state index in [2.05, 4.69) is 26.6 Å². The number of carbonyl (C=O) groups excluding carboxylic acids is 3. The largest absolute Gasteiger partial charge is 0.444 e. The van der Waals surface area contributed by atoms with E-state index in [-0.39, 0.29) is 23.8 Å². The Kier molecular flexibility index (Phi) is 15.0. The number of benzene rings is 3. The predicted molar refractivity (Wildman–Crippen MR) is 179 cm³/mol. The van der Waals surface area contributed by atoms with Crippen LogP contribution in [0.1, 0.15) is 56.7 Å². The maximum Gasteiger partial charge on any atom is 0.407 e. The van der Waals surface area contributed by atoms with Crippen LogP contribution in [0.25, 0.3) is 0 Å². The lowest BCUT2D eigenvalue weighted by Gasteiger charge is -2.26. The number of rotatable bonds is 17. The van der Waals surface area contributed by atoms with Crippen molar-refractivity contribution in [3.63, 3.8) is 0 Å². The molecule has 3 aromatic rings. The third-order valence-corrected chi connectivity index (χ3v) is 7.10. The minimum absolute atomic E-state index is 0.134. The molecular weight excluding hydrogens is 585 g/mol. The standard InChI is InChI=1S/C36H48FN5O4/c1-36(2,3)46-35(45)39-22-11-10-16-32(33(43)40-25-29-14-8-5-9-15-29)42-31(24-28-12-6-4-7-13-28)26-41-34(44)38-23-21-27-17-19-30(37)20-18-27/h4-9,12-15,17-20,31-32,42H,10-11,16,21-26H2,1-3H3,(H,39,45)(H,40,43)(H2,38,41,44)/t31-,32-/m0/s1. The third kappa shape index (κ3) is 15.0. The molecule has 9 nitrogen and oxygen atoms in total. The molecule has 46 heavy (non-hydrogen) atoms. The van der Waals surface area contributed by atoms with Gasteiger partial charge in [0, 0.05) is 32.2 Å². The summed E-state index contributed by atoms with van der Waals surface area (Å²) in [6.45, 7) is 6.96. The van der Waals surface area contributed by atoms with Gasteiger partial charge in [0.05, 0.1) is 6.04 Å². The summed E-state index contributed by atoms with van der Waals surface area (Å²) in [6.07, 6.45) is 2.59. The number of amides is 4. The van der Waals surface area contributed by atoms with Gasteiger partial charge < -0.3 is 31.3 Å². The molecule has 2 atom stereocenters. The summed E-state index contributed by atoms with van der Waals surface area (Å²) in [6, 6.07) is 24.7. The van der Waals surface area contributed by atoms with Crippen LogP contribution in [0.2, 0.25) is 0 Å². The van der Waals surface area contributed by atoms with Gasteiger partial charge in [-0.1, -0.05) is 72.8 Å². The zero-order valence-corrected chi connectivity index (χ0v) is 27.1. The van der Waals surface area contributed by atoms with Crippen LogP contribution < -0.4 is 26.6 Å². The Balaban J connectivity index is 1.60. The Morgan fingerprint density at radius 2 is 1.39 bits per heavy atom. The highest BCUT2D eigenvalue weighted by atomic mass is 19.1. The third-order valence-electron chi connectivity index (χ3n) is 7.10. The van der Waals surface area contributed by atoms with Crippen LogP contribution in [-0.2, 0) is 28.9 Å². The molecule has 4 amide bonds. The van der Waals surface area contributed by atoms with Gasteiger partial charge in [0.2, 0.25) is 5.91 Å². The number of hydrogen-bond acceptors (Lipinski definition) is 5. The second-order valence-electron chi connectivity index (χ2n) is 12.2. The number of unbranched alkanes of at least 4 members (excludes halogenated alkanes) is 1. The summed E-state index contributed by atoms with van der Waals surface area (Å²) < 4.78 is 18.5. The molecule has 0 radical (unpaired) electrons. The Bertz CT molecular complexity index is 1330. The molecule has 248 valence electrons. The fraction of sp³-hybridized carbons (Fsp3) is 0.417. The van der Waals surface area contributed by atoms with Crippen molar-refractivity contribution in [3.8, 4) is 0 Å². The zero-order valence-electron chi connectivity index (χ0n) is 27.1. The van der Waals surface area contributed by atoms with Gasteiger partial charge in [-0.3, -0.25) is 4.79 Å². The molecule has 3 rings (SSSR count). The highest BCUT2D eigenvalue weighted by Crippen LogP contribution is 2.10. The van der Waals surface area contributed by atoms with Crippen LogP contribution in [0.3, 0.4) is 0 Å². The van der Waals surface area contributed by atoms with E-state index in [0.29, 0.717) is 58.3 Å². The average molecular weight is 634 g/mol. The first-order chi connectivity index (χ1) is 22.1. The highest BCUT2D eigenvalue weighted by molar-refractivity contribution is 5.81. The lowest BCUT2D eigenvalue weighted by atomic mass is 10.0. The summed E-state index contributed by atoms with van der Waals surface area (Å²) in [4.78, 5) is 38.2. The molecule has 0 aromatic heterocycles. The summed E-state index contributed by atoms with van der Waals surface area (Å²) in [7, 11) is 0. The monoisotopic (exact) mass is 633 g/mol. The van der Waals surface area contributed by atoms with E-state index in [1.54, 1.807) is 12.1 Å². The van der Waals surface area contributed by atoms with E-state index < -0.39 is 17.7 Å². The molecule has 0 saturated carbocycles. The molecule has 0 aliphatic heterocycles. The number of urea groups is 1. The second-order valence-corrected chi connectivity index (χ2v) is 12.2. The molecule has 5 N–H and O–H groups in total. The van der Waals surface area contributed by atoms with Crippen LogP contribution in [0.4, 0.5) is 14.0 Å². The van der Waals surface area contributed by atoms with Crippen LogP contribution in [0.5, 0.6) is 0 Å². The Morgan fingerprint density at radius 3 is 2.04 bits per heavy atom. The van der Waals surface area contributed by atoms with Crippen molar-refractivity contribution in [3.05, 3.63) is 107 Å². The van der Waals surface area contributed by atoms with Crippen LogP contribution in [0.15, 0.2) is 84.9 Å². The topological polar surface area (TPSA) is 121 Å². The average Bonchev–Trinajstić information content (AvgIpc) is 3.02. The Labute approximate surface area is 272 Å². The van der Waals surface area contributed by atoms with Crippen molar-refractivity contribution in [2.24, 2.45) is 0 Å². The molecule has 0 bridgehead atoms. The number of alkyl carbamates (subject to hydrolysis) is 1. The zero-order chi connectivity index (χ0) is 33.2. The summed E-state index contributed by atoms with van der Waals surface area (Å²) in [5.41, 5.74) is 2.42. The number of hydrogen-bond donors (Lipinski definition) is 5. The molecule has 0 heterocycles. The first kappa shape index (κ1) is 36.0. The first-order valence-electron chi connectivity index (χ1n) is 15.9. The number of halogens is 1. The maximum atomic E-state index is 13.5. The van der Waals surface area contributed by atoms with Gasteiger partial charge in [-0.05, 0) is 81.7 Å². The number of carbonyl (C=O) groups is 3. The van der Waals surface area contributed by atoms with Crippen molar-refractivity contribution in [1.82, 2.24) is 26.6 Å². The van der Waals surface area contributed by atoms with E-state index >= 15 is 0 Å². The van der Waals surface area contributed by atoms with E-state index in [4.69, 9.17) is 4.74 Å². The van der Waals surface area contributed by atoms with E-state index in [1.165, 1.54) is 12.1 Å². The quantitative estimate of drug-likeness (QED) is 0.130. The molecule has 10 heteroatoms. The number of ether oxygens (including phenoxy) is 1. The number of nitrogens with one attached hydrogen (secondary N) is 5. The van der Waals surface area contributed by atoms with E-state index in [9.17, 15) is 18.8 Å². The predicted octanol–water partition coefficient (Wildman–Crippen LogP) is 5.25. The SMILES string of the molecule is CC(C)(C)OC(=O)NCCCC[C@H](N[C@H](CNC(=O)NCCc1ccc(F)cc1)Cc1ccccc1)C(=O)NCc1ccccc1. The van der Waals surface area contributed by atoms with Crippen molar-refractivity contribution >= 4 is 18.0 Å². The van der Waals surface area contributed by atoms with Gasteiger partial charge in [-0.25, -0.2) is 14.0 Å². The van der Waals surface area contributed by atoms with Crippen molar-refractivity contribution < 1.29 is 23.5 Å². The van der Waals surface area contributed by atoms with Crippen LogP contribution in [-0.4, -0.2) is 55.4 Å². The van der Waals surface area contributed by atoms with Gasteiger partial charge in [-0.2, -0.15) is 0 Å². The van der Waals surface area contributed by atoms with Crippen molar-refractivity contribution in [2.75, 3.05) is 19.6 Å². The molecular formula is C36H48FN5O4. The molecule has 3 aromatic carbocycles. The van der Waals surface area contributed by atoms with Crippen molar-refractivity contribution in [2.45, 2.75) is 77.1 Å². The van der Waals surface area contributed by atoms with Crippen molar-refractivity contribution in [1.29, 1.82) is 0 Å². The lowest BCUT2D eigenvalue weighted by Crippen LogP contribution is -2.53. The summed E-state index contributed by atoms with van der Waals surface area (Å²) in [5, 5.41) is 15.1. The molecule has 0 saturated heterocycles. The fourth-order valence-corrected chi connectivity index (χ4v) is 4.80.